The molecule has 1 atom stereocenters. The van der Waals surface area contributed by atoms with Gasteiger partial charge in [-0.2, -0.15) is 0 Å². The van der Waals surface area contributed by atoms with Gasteiger partial charge in [-0.05, 0) is 48.0 Å². The second kappa shape index (κ2) is 5.36. The Hall–Kier alpha value is -1.84. The molecule has 1 aliphatic rings. The molecule has 1 aromatic heterocycles. The van der Waals surface area contributed by atoms with Crippen molar-refractivity contribution < 1.29 is 4.39 Å². The number of aryl methyl sites for hydroxylation is 1. The van der Waals surface area contributed by atoms with Gasteiger partial charge in [-0.25, -0.2) is 4.39 Å². The summed E-state index contributed by atoms with van der Waals surface area (Å²) < 4.78 is 16.1. The van der Waals surface area contributed by atoms with Gasteiger partial charge < -0.3 is 9.47 Å². The van der Waals surface area contributed by atoms with Gasteiger partial charge >= 0.3 is 0 Å². The Morgan fingerprint density at radius 2 is 1.96 bits per heavy atom. The van der Waals surface area contributed by atoms with Crippen molar-refractivity contribution in [2.75, 3.05) is 13.6 Å². The van der Waals surface area contributed by atoms with Crippen LogP contribution in [-0.4, -0.2) is 23.1 Å². The zero-order chi connectivity index (χ0) is 16.1. The van der Waals surface area contributed by atoms with E-state index in [0.29, 0.717) is 0 Å². The van der Waals surface area contributed by atoms with E-state index in [-0.39, 0.29) is 16.8 Å². The van der Waals surface area contributed by atoms with Gasteiger partial charge in [-0.15, -0.1) is 0 Å². The Balaban J connectivity index is 1.90. The second-order valence-corrected chi connectivity index (χ2v) is 6.82. The summed E-state index contributed by atoms with van der Waals surface area (Å²) in [5.74, 6) is -0.181. The molecule has 2 nitrogen and oxygen atoms in total. The van der Waals surface area contributed by atoms with Crippen molar-refractivity contribution in [3.05, 3.63) is 70.1 Å². The topological polar surface area (TPSA) is 8.17 Å². The smallest absolute Gasteiger partial charge is 0.142 e. The van der Waals surface area contributed by atoms with Gasteiger partial charge in [-0.1, -0.05) is 23.7 Å². The molecule has 0 amide bonds. The van der Waals surface area contributed by atoms with Gasteiger partial charge in [0.15, 0.2) is 0 Å². The van der Waals surface area contributed by atoms with Gasteiger partial charge in [0, 0.05) is 43.2 Å². The fraction of sp³-hybridized carbons (Fsp3) is 0.263. The van der Waals surface area contributed by atoms with Gasteiger partial charge in [0.2, 0.25) is 0 Å². The molecule has 0 N–H and O–H groups in total. The van der Waals surface area contributed by atoms with Crippen LogP contribution in [0.3, 0.4) is 0 Å². The molecule has 1 aliphatic heterocycles. The molecule has 0 spiro atoms. The largest absolute Gasteiger partial charge is 0.351 e. The van der Waals surface area contributed by atoms with Crippen molar-refractivity contribution in [3.63, 3.8) is 0 Å². The van der Waals surface area contributed by atoms with Crippen LogP contribution >= 0.6 is 11.6 Å². The molecule has 4 heteroatoms. The number of benzene rings is 2. The number of aromatic nitrogens is 1. The van der Waals surface area contributed by atoms with Gasteiger partial charge in [0.1, 0.15) is 5.82 Å². The van der Waals surface area contributed by atoms with Crippen molar-refractivity contribution in [1.29, 1.82) is 0 Å². The quantitative estimate of drug-likeness (QED) is 0.636. The minimum atomic E-state index is -0.347. The van der Waals surface area contributed by atoms with Gasteiger partial charge in [-0.3, -0.25) is 0 Å². The molecule has 0 aliphatic carbocycles. The maximum Gasteiger partial charge on any atom is 0.142 e. The van der Waals surface area contributed by atoms with E-state index in [4.69, 9.17) is 11.6 Å². The normalized spacial score (nSPS) is 18.3. The molecule has 2 heterocycles. The van der Waals surface area contributed by atoms with Crippen molar-refractivity contribution >= 4 is 22.5 Å². The van der Waals surface area contributed by atoms with E-state index >= 15 is 0 Å². The highest BCUT2D eigenvalue weighted by Crippen LogP contribution is 2.37. The fourth-order valence-corrected chi connectivity index (χ4v) is 3.81. The summed E-state index contributed by atoms with van der Waals surface area (Å²) in [5.41, 5.74) is 4.86. The van der Waals surface area contributed by atoms with Crippen LogP contribution in [-0.2, 0) is 13.6 Å². The third-order valence-electron chi connectivity index (χ3n) is 4.86. The molecule has 0 fully saturated rings. The first-order valence-corrected chi connectivity index (χ1v) is 8.12. The Kier molecular flexibility index (Phi) is 3.43. The molecule has 1 unspecified atom stereocenters. The molecule has 0 radical (unpaired) electrons. The predicted molar refractivity (Wildman–Crippen MR) is 92.5 cm³/mol. The minimum Gasteiger partial charge on any atom is -0.351 e. The molecular formula is C19H18ClFN2. The average Bonchev–Trinajstić information content (AvgIpc) is 2.91. The molecule has 118 valence electrons. The molecule has 0 saturated heterocycles. The zero-order valence-electron chi connectivity index (χ0n) is 13.2. The molecule has 3 aromatic rings. The first kappa shape index (κ1) is 14.7. The molecule has 0 bridgehead atoms. The molecule has 0 saturated carbocycles. The number of hydrogen-bond donors (Lipinski definition) is 0. The molecule has 23 heavy (non-hydrogen) atoms. The van der Waals surface area contributed by atoms with Crippen molar-refractivity contribution in [3.8, 4) is 0 Å². The van der Waals surface area contributed by atoms with Crippen LogP contribution in [0.5, 0.6) is 0 Å². The van der Waals surface area contributed by atoms with Gasteiger partial charge in [0.05, 0.1) is 5.02 Å². The van der Waals surface area contributed by atoms with Crippen LogP contribution in [0.2, 0.25) is 5.02 Å². The Bertz CT molecular complexity index is 900. The van der Waals surface area contributed by atoms with Crippen LogP contribution in [0.25, 0.3) is 10.9 Å². The van der Waals surface area contributed by atoms with Crippen LogP contribution in [0, 0.1) is 5.82 Å². The van der Waals surface area contributed by atoms with E-state index < -0.39 is 0 Å². The van der Waals surface area contributed by atoms with Crippen molar-refractivity contribution in [2.24, 2.45) is 7.05 Å². The van der Waals surface area contributed by atoms with E-state index in [1.807, 2.05) is 6.07 Å². The Morgan fingerprint density at radius 3 is 2.74 bits per heavy atom. The highest BCUT2D eigenvalue weighted by atomic mass is 35.5. The second-order valence-electron chi connectivity index (χ2n) is 6.42. The third kappa shape index (κ3) is 2.35. The lowest BCUT2D eigenvalue weighted by Crippen LogP contribution is -2.31. The predicted octanol–water partition coefficient (Wildman–Crippen LogP) is 4.55. The van der Waals surface area contributed by atoms with Crippen LogP contribution in [0.4, 0.5) is 4.39 Å². The van der Waals surface area contributed by atoms with Crippen molar-refractivity contribution in [1.82, 2.24) is 9.47 Å². The van der Waals surface area contributed by atoms with E-state index in [0.717, 1.165) is 18.7 Å². The summed E-state index contributed by atoms with van der Waals surface area (Å²) in [7, 11) is 4.18. The lowest BCUT2D eigenvalue weighted by molar-refractivity contribution is 0.296. The number of hydrogen-bond acceptors (Lipinski definition) is 1. The van der Waals surface area contributed by atoms with E-state index in [1.54, 1.807) is 12.1 Å². The van der Waals surface area contributed by atoms with Crippen LogP contribution < -0.4 is 0 Å². The monoisotopic (exact) mass is 328 g/mol. The van der Waals surface area contributed by atoms with Crippen molar-refractivity contribution in [2.45, 2.75) is 12.5 Å². The number of halogens is 2. The van der Waals surface area contributed by atoms with Crippen LogP contribution in [0.1, 0.15) is 22.6 Å². The summed E-state index contributed by atoms with van der Waals surface area (Å²) in [6.07, 6.45) is 2.09. The SMILES string of the molecule is CN1Cc2c(ccc3c2ccn3C)C(c2ccc(Cl)c(F)c2)C1. The Labute approximate surface area is 140 Å². The van der Waals surface area contributed by atoms with E-state index in [2.05, 4.69) is 48.0 Å². The first-order valence-electron chi connectivity index (χ1n) is 7.75. The number of likely N-dealkylation sites (N-methyl/N-ethyl adjacent to an activating group) is 1. The minimum absolute atomic E-state index is 0.167. The maximum atomic E-state index is 13.9. The third-order valence-corrected chi connectivity index (χ3v) is 5.17. The number of fused-ring (bicyclic) bond motifs is 3. The lowest BCUT2D eigenvalue weighted by Gasteiger charge is -2.33. The summed E-state index contributed by atoms with van der Waals surface area (Å²) in [4.78, 5) is 2.30. The molecular weight excluding hydrogens is 311 g/mol. The standard InChI is InChI=1S/C19H18ClFN2/c1-22-10-15(12-3-5-17(20)18(21)9-12)13-4-6-19-14(16(13)11-22)7-8-23(19)2/h3-9,15H,10-11H2,1-2H3. The highest BCUT2D eigenvalue weighted by Gasteiger charge is 2.27. The number of rotatable bonds is 1. The van der Waals surface area contributed by atoms with E-state index in [1.165, 1.54) is 22.0 Å². The van der Waals surface area contributed by atoms with Crippen LogP contribution in [0.15, 0.2) is 42.6 Å². The summed E-state index contributed by atoms with van der Waals surface area (Å²) >= 11 is 5.84. The average molecular weight is 329 g/mol. The fourth-order valence-electron chi connectivity index (χ4n) is 3.69. The molecule has 2 aromatic carbocycles. The summed E-state index contributed by atoms with van der Waals surface area (Å²) in [5, 5.41) is 1.47. The summed E-state index contributed by atoms with van der Waals surface area (Å²) in [6.45, 7) is 1.80. The van der Waals surface area contributed by atoms with E-state index in [9.17, 15) is 4.39 Å². The lowest BCUT2D eigenvalue weighted by atomic mass is 9.83. The summed E-state index contributed by atoms with van der Waals surface area (Å²) in [6, 6.07) is 11.7. The molecule has 4 rings (SSSR count). The highest BCUT2D eigenvalue weighted by molar-refractivity contribution is 6.30. The number of nitrogens with zero attached hydrogens (tertiary/aromatic N) is 2. The Morgan fingerprint density at radius 1 is 1.13 bits per heavy atom. The zero-order valence-corrected chi connectivity index (χ0v) is 13.9. The van der Waals surface area contributed by atoms with Gasteiger partial charge in [0.25, 0.3) is 0 Å². The maximum absolute atomic E-state index is 13.9. The first-order chi connectivity index (χ1) is 11.0.